The number of nitrogens with zero attached hydrogens (tertiary/aromatic N) is 1. The SMILES string of the molecule is CN1C(=O)COc2cccc(S(N)(=O)=O)c21. The Morgan fingerprint density at radius 2 is 2.12 bits per heavy atom. The molecule has 1 heterocycles. The predicted molar refractivity (Wildman–Crippen MR) is 56.7 cm³/mol. The second kappa shape index (κ2) is 3.46. The van der Waals surface area contributed by atoms with Gasteiger partial charge in [0.2, 0.25) is 10.0 Å². The number of para-hydroxylation sites is 1. The van der Waals surface area contributed by atoms with Crippen LogP contribution in [0.5, 0.6) is 5.75 Å². The molecule has 6 nitrogen and oxygen atoms in total. The van der Waals surface area contributed by atoms with Crippen molar-refractivity contribution in [1.29, 1.82) is 0 Å². The van der Waals surface area contributed by atoms with E-state index in [-0.39, 0.29) is 23.1 Å². The molecule has 86 valence electrons. The van der Waals surface area contributed by atoms with Gasteiger partial charge in [0.25, 0.3) is 5.91 Å². The predicted octanol–water partition coefficient (Wildman–Crippen LogP) is -0.311. The summed E-state index contributed by atoms with van der Waals surface area (Å²) in [6.45, 7) is -0.0996. The molecule has 0 unspecified atom stereocenters. The number of hydrogen-bond acceptors (Lipinski definition) is 4. The van der Waals surface area contributed by atoms with Gasteiger partial charge in [0.15, 0.2) is 6.61 Å². The first-order chi connectivity index (χ1) is 7.41. The van der Waals surface area contributed by atoms with Gasteiger partial charge in [-0.05, 0) is 12.1 Å². The fraction of sp³-hybridized carbons (Fsp3) is 0.222. The summed E-state index contributed by atoms with van der Waals surface area (Å²) in [4.78, 5) is 12.5. The van der Waals surface area contributed by atoms with Crippen LogP contribution in [0.3, 0.4) is 0 Å². The molecule has 0 spiro atoms. The molecule has 0 radical (unpaired) electrons. The van der Waals surface area contributed by atoms with Crippen LogP contribution in [0.4, 0.5) is 5.69 Å². The summed E-state index contributed by atoms with van der Waals surface area (Å²) < 4.78 is 27.8. The molecule has 1 aliphatic heterocycles. The van der Waals surface area contributed by atoms with Gasteiger partial charge in [-0.15, -0.1) is 0 Å². The smallest absolute Gasteiger partial charge is 0.264 e. The van der Waals surface area contributed by atoms with E-state index >= 15 is 0 Å². The largest absolute Gasteiger partial charge is 0.482 e. The second-order valence-electron chi connectivity index (χ2n) is 3.39. The first-order valence-corrected chi connectivity index (χ1v) is 6.01. The van der Waals surface area contributed by atoms with Gasteiger partial charge in [0.05, 0.1) is 0 Å². The maximum absolute atomic E-state index is 11.4. The molecule has 7 heteroatoms. The van der Waals surface area contributed by atoms with Crippen molar-refractivity contribution in [2.75, 3.05) is 18.6 Å². The molecule has 0 atom stereocenters. The molecule has 1 amide bonds. The Labute approximate surface area is 92.7 Å². The number of rotatable bonds is 1. The number of carbonyl (C=O) groups is 1. The van der Waals surface area contributed by atoms with Crippen LogP contribution in [-0.4, -0.2) is 28.0 Å². The lowest BCUT2D eigenvalue weighted by atomic mass is 10.2. The lowest BCUT2D eigenvalue weighted by Crippen LogP contribution is -2.37. The number of benzene rings is 1. The third-order valence-corrected chi connectivity index (χ3v) is 3.27. The number of sulfonamides is 1. The topological polar surface area (TPSA) is 89.7 Å². The van der Waals surface area contributed by atoms with Gasteiger partial charge in [0, 0.05) is 7.05 Å². The van der Waals surface area contributed by atoms with Crippen molar-refractivity contribution >= 4 is 21.6 Å². The molecule has 0 saturated carbocycles. The third-order valence-electron chi connectivity index (χ3n) is 2.33. The Morgan fingerprint density at radius 3 is 2.75 bits per heavy atom. The van der Waals surface area contributed by atoms with E-state index in [9.17, 15) is 13.2 Å². The summed E-state index contributed by atoms with van der Waals surface area (Å²) in [7, 11) is -2.39. The Kier molecular flexibility index (Phi) is 2.36. The number of ether oxygens (including phenoxy) is 1. The van der Waals surface area contributed by atoms with E-state index in [2.05, 4.69) is 0 Å². The fourth-order valence-corrected chi connectivity index (χ4v) is 2.32. The Hall–Kier alpha value is -1.60. The zero-order chi connectivity index (χ0) is 11.9. The van der Waals surface area contributed by atoms with Crippen LogP contribution >= 0.6 is 0 Å². The van der Waals surface area contributed by atoms with Crippen LogP contribution < -0.4 is 14.8 Å². The van der Waals surface area contributed by atoms with E-state index in [1.54, 1.807) is 6.07 Å². The molecule has 0 fully saturated rings. The van der Waals surface area contributed by atoms with Crippen molar-refractivity contribution in [3.05, 3.63) is 18.2 Å². The summed E-state index contributed by atoms with van der Waals surface area (Å²) in [6, 6.07) is 4.45. The number of nitrogens with two attached hydrogens (primary N) is 1. The van der Waals surface area contributed by atoms with Crippen LogP contribution in [0.25, 0.3) is 0 Å². The van der Waals surface area contributed by atoms with Crippen molar-refractivity contribution in [1.82, 2.24) is 0 Å². The summed E-state index contributed by atoms with van der Waals surface area (Å²) in [5.41, 5.74) is 0.196. The number of hydrogen-bond donors (Lipinski definition) is 1. The molecule has 2 rings (SSSR count). The molecule has 16 heavy (non-hydrogen) atoms. The van der Waals surface area contributed by atoms with E-state index in [0.29, 0.717) is 5.75 Å². The molecule has 1 aromatic rings. The quantitative estimate of drug-likeness (QED) is 0.731. The number of anilines is 1. The van der Waals surface area contributed by atoms with Gasteiger partial charge in [-0.2, -0.15) is 0 Å². The van der Waals surface area contributed by atoms with Gasteiger partial charge in [-0.25, -0.2) is 13.6 Å². The van der Waals surface area contributed by atoms with E-state index in [4.69, 9.17) is 9.88 Å². The molecule has 1 aromatic carbocycles. The van der Waals surface area contributed by atoms with Crippen LogP contribution in [0.1, 0.15) is 0 Å². The summed E-state index contributed by atoms with van der Waals surface area (Å²) in [5, 5.41) is 5.07. The van der Waals surface area contributed by atoms with E-state index in [1.807, 2.05) is 0 Å². The van der Waals surface area contributed by atoms with Crippen LogP contribution in [-0.2, 0) is 14.8 Å². The van der Waals surface area contributed by atoms with Gasteiger partial charge in [-0.1, -0.05) is 6.07 Å². The van der Waals surface area contributed by atoms with Crippen molar-refractivity contribution in [2.24, 2.45) is 5.14 Å². The van der Waals surface area contributed by atoms with Gasteiger partial charge in [-0.3, -0.25) is 4.79 Å². The standard InChI is InChI=1S/C9H10N2O4S/c1-11-8(12)5-15-6-3-2-4-7(9(6)11)16(10,13)14/h2-4H,5H2,1H3,(H2,10,13,14). The maximum atomic E-state index is 11.4. The number of likely N-dealkylation sites (N-methyl/N-ethyl adjacent to an activating group) is 1. The average Bonchev–Trinajstić information content (AvgIpc) is 2.21. The van der Waals surface area contributed by atoms with Crippen LogP contribution in [0, 0.1) is 0 Å². The van der Waals surface area contributed by atoms with Gasteiger partial charge in [0.1, 0.15) is 16.3 Å². The maximum Gasteiger partial charge on any atom is 0.264 e. The number of amides is 1. The first-order valence-electron chi connectivity index (χ1n) is 4.46. The minimum atomic E-state index is -3.87. The minimum absolute atomic E-state index is 0.0996. The lowest BCUT2D eigenvalue weighted by molar-refractivity contribution is -0.121. The molecular formula is C9H10N2O4S. The molecule has 0 aromatic heterocycles. The zero-order valence-electron chi connectivity index (χ0n) is 8.50. The van der Waals surface area contributed by atoms with Crippen LogP contribution in [0.2, 0.25) is 0 Å². The van der Waals surface area contributed by atoms with Gasteiger partial charge < -0.3 is 9.64 Å². The highest BCUT2D eigenvalue weighted by Gasteiger charge is 2.28. The van der Waals surface area contributed by atoms with Gasteiger partial charge >= 0.3 is 0 Å². The van der Waals surface area contributed by atoms with Crippen molar-refractivity contribution in [3.63, 3.8) is 0 Å². The molecule has 0 saturated heterocycles. The van der Waals surface area contributed by atoms with E-state index in [0.717, 1.165) is 0 Å². The van der Waals surface area contributed by atoms with Crippen LogP contribution in [0.15, 0.2) is 23.1 Å². The highest BCUT2D eigenvalue weighted by Crippen LogP contribution is 2.36. The Morgan fingerprint density at radius 1 is 1.44 bits per heavy atom. The molecular weight excluding hydrogens is 232 g/mol. The van der Waals surface area contributed by atoms with Crippen molar-refractivity contribution in [2.45, 2.75) is 4.90 Å². The lowest BCUT2D eigenvalue weighted by Gasteiger charge is -2.27. The molecule has 1 aliphatic rings. The normalized spacial score (nSPS) is 15.6. The summed E-state index contributed by atoms with van der Waals surface area (Å²) in [5.74, 6) is 0.0252. The Bertz CT molecular complexity index is 553. The highest BCUT2D eigenvalue weighted by molar-refractivity contribution is 7.89. The monoisotopic (exact) mass is 242 g/mol. The fourth-order valence-electron chi connectivity index (χ4n) is 1.54. The highest BCUT2D eigenvalue weighted by atomic mass is 32.2. The molecule has 0 bridgehead atoms. The third kappa shape index (κ3) is 1.63. The van der Waals surface area contributed by atoms with E-state index < -0.39 is 10.0 Å². The molecule has 2 N–H and O–H groups in total. The Balaban J connectivity index is 2.71. The summed E-state index contributed by atoms with van der Waals surface area (Å²) in [6.07, 6.45) is 0. The number of fused-ring (bicyclic) bond motifs is 1. The first kappa shape index (κ1) is 10.9. The second-order valence-corrected chi connectivity index (χ2v) is 4.92. The number of carbonyl (C=O) groups excluding carboxylic acids is 1. The average molecular weight is 242 g/mol. The zero-order valence-corrected chi connectivity index (χ0v) is 9.32. The molecule has 0 aliphatic carbocycles. The van der Waals surface area contributed by atoms with Crippen molar-refractivity contribution < 1.29 is 17.9 Å². The van der Waals surface area contributed by atoms with E-state index in [1.165, 1.54) is 24.1 Å². The minimum Gasteiger partial charge on any atom is -0.482 e. The summed E-state index contributed by atoms with van der Waals surface area (Å²) >= 11 is 0. The van der Waals surface area contributed by atoms with Crippen molar-refractivity contribution in [3.8, 4) is 5.75 Å². The number of primary sulfonamides is 1.